The number of halogens is 1. The van der Waals surface area contributed by atoms with Crippen LogP contribution in [0.4, 0.5) is 5.82 Å². The Morgan fingerprint density at radius 2 is 2.20 bits per heavy atom. The van der Waals surface area contributed by atoms with Gasteiger partial charge in [-0.15, -0.1) is 0 Å². The zero-order valence-electron chi connectivity index (χ0n) is 10.4. The van der Waals surface area contributed by atoms with Gasteiger partial charge in [0.25, 0.3) is 5.89 Å². The molecule has 8 heteroatoms. The topological polar surface area (TPSA) is 103 Å². The Bertz CT molecular complexity index is 752. The Hall–Kier alpha value is -2.35. The fraction of sp³-hybridized carbons (Fsp3) is 0.0833. The number of hydrogen-bond acceptors (Lipinski definition) is 6. The number of nitrogens with zero attached hydrogens (tertiary/aromatic N) is 3. The molecule has 0 aliphatic heterocycles. The summed E-state index contributed by atoms with van der Waals surface area (Å²) < 4.78 is 11.2. The maximum Gasteiger partial charge on any atom is 0.276 e. The summed E-state index contributed by atoms with van der Waals surface area (Å²) in [5.41, 5.74) is 6.92. The van der Waals surface area contributed by atoms with Crippen LogP contribution >= 0.6 is 15.9 Å². The molecule has 0 spiro atoms. The number of nitrogens with one attached hydrogen (secondary N) is 1. The summed E-state index contributed by atoms with van der Waals surface area (Å²) in [6.07, 6.45) is 0. The molecule has 0 bridgehead atoms. The second-order valence-corrected chi connectivity index (χ2v) is 4.83. The van der Waals surface area contributed by atoms with E-state index in [9.17, 15) is 0 Å². The first-order valence-electron chi connectivity index (χ1n) is 5.66. The molecular weight excluding hydrogens is 326 g/mol. The van der Waals surface area contributed by atoms with Gasteiger partial charge in [0.05, 0.1) is 11.6 Å². The third-order valence-electron chi connectivity index (χ3n) is 2.66. The maximum atomic E-state index is 5.53. The third kappa shape index (κ3) is 2.25. The molecule has 3 N–H and O–H groups in total. The Kier molecular flexibility index (Phi) is 3.15. The molecule has 3 aromatic rings. The van der Waals surface area contributed by atoms with Crippen molar-refractivity contribution in [3.05, 3.63) is 28.7 Å². The Morgan fingerprint density at radius 3 is 2.85 bits per heavy atom. The first-order chi connectivity index (χ1) is 9.67. The van der Waals surface area contributed by atoms with E-state index in [0.29, 0.717) is 23.2 Å². The molecular formula is C12H10BrN5O2. The average Bonchev–Trinajstić information content (AvgIpc) is 3.07. The van der Waals surface area contributed by atoms with Gasteiger partial charge in [0, 0.05) is 11.6 Å². The normalized spacial score (nSPS) is 10.7. The fourth-order valence-corrected chi connectivity index (χ4v) is 2.24. The zero-order valence-corrected chi connectivity index (χ0v) is 12.0. The van der Waals surface area contributed by atoms with E-state index >= 15 is 0 Å². The number of nitrogens with two attached hydrogens (primary N) is 1. The van der Waals surface area contributed by atoms with Crippen molar-refractivity contribution in [2.24, 2.45) is 0 Å². The molecule has 0 unspecified atom stereocenters. The van der Waals surface area contributed by atoms with E-state index in [4.69, 9.17) is 15.0 Å². The van der Waals surface area contributed by atoms with Crippen LogP contribution in [0.15, 0.2) is 33.3 Å². The van der Waals surface area contributed by atoms with E-state index in [1.165, 1.54) is 0 Å². The quantitative estimate of drug-likeness (QED) is 0.762. The van der Waals surface area contributed by atoms with Crippen LogP contribution in [0.1, 0.15) is 0 Å². The number of aromatic nitrogens is 4. The largest absolute Gasteiger partial charge is 0.496 e. The minimum Gasteiger partial charge on any atom is -0.496 e. The van der Waals surface area contributed by atoms with Crippen molar-refractivity contribution in [1.29, 1.82) is 0 Å². The average molecular weight is 336 g/mol. The van der Waals surface area contributed by atoms with Crippen molar-refractivity contribution < 1.29 is 9.26 Å². The Labute approximate surface area is 122 Å². The van der Waals surface area contributed by atoms with Gasteiger partial charge in [-0.3, -0.25) is 5.10 Å². The van der Waals surface area contributed by atoms with Crippen molar-refractivity contribution in [2.75, 3.05) is 12.8 Å². The molecule has 102 valence electrons. The first kappa shape index (κ1) is 12.7. The highest BCUT2D eigenvalue weighted by Gasteiger charge is 2.13. The number of ether oxygens (including phenoxy) is 1. The van der Waals surface area contributed by atoms with E-state index in [1.807, 2.05) is 18.2 Å². The molecule has 1 aromatic carbocycles. The van der Waals surface area contributed by atoms with Crippen LogP contribution < -0.4 is 10.5 Å². The van der Waals surface area contributed by atoms with Crippen LogP contribution in [0.5, 0.6) is 5.75 Å². The van der Waals surface area contributed by atoms with E-state index in [2.05, 4.69) is 36.3 Å². The number of benzene rings is 1. The van der Waals surface area contributed by atoms with Crippen molar-refractivity contribution in [2.45, 2.75) is 0 Å². The standard InChI is InChI=1S/C12H10BrN5O2/c1-19-9-3-2-6(4-7(9)13)11-15-12(20-18-11)8-5-10(14)17-16-8/h2-5H,1H3,(H3,14,16,17). The summed E-state index contributed by atoms with van der Waals surface area (Å²) in [6, 6.07) is 7.15. The van der Waals surface area contributed by atoms with Crippen LogP contribution in [-0.4, -0.2) is 27.4 Å². The molecule has 7 nitrogen and oxygen atoms in total. The minimum atomic E-state index is 0.330. The number of rotatable bonds is 3. The summed E-state index contributed by atoms with van der Waals surface area (Å²) in [7, 11) is 1.61. The first-order valence-corrected chi connectivity index (χ1v) is 6.45. The molecule has 0 atom stereocenters. The fourth-order valence-electron chi connectivity index (χ4n) is 1.70. The molecule has 0 radical (unpaired) electrons. The Balaban J connectivity index is 1.95. The lowest BCUT2D eigenvalue weighted by atomic mass is 10.2. The lowest BCUT2D eigenvalue weighted by Gasteiger charge is -2.03. The van der Waals surface area contributed by atoms with Crippen molar-refractivity contribution in [3.63, 3.8) is 0 Å². The predicted octanol–water partition coefficient (Wildman–Crippen LogP) is 2.48. The van der Waals surface area contributed by atoms with Gasteiger partial charge >= 0.3 is 0 Å². The molecule has 2 heterocycles. The van der Waals surface area contributed by atoms with Crippen molar-refractivity contribution in [3.8, 4) is 28.7 Å². The van der Waals surface area contributed by atoms with Gasteiger partial charge < -0.3 is 15.0 Å². The smallest absolute Gasteiger partial charge is 0.276 e. The van der Waals surface area contributed by atoms with Gasteiger partial charge in [0.15, 0.2) is 0 Å². The minimum absolute atomic E-state index is 0.330. The van der Waals surface area contributed by atoms with Crippen LogP contribution in [0.3, 0.4) is 0 Å². The number of nitrogen functional groups attached to an aromatic ring is 1. The molecule has 3 rings (SSSR count). The highest BCUT2D eigenvalue weighted by molar-refractivity contribution is 9.10. The van der Waals surface area contributed by atoms with E-state index in [-0.39, 0.29) is 0 Å². The summed E-state index contributed by atoms with van der Waals surface area (Å²) in [4.78, 5) is 4.29. The molecule has 0 aliphatic rings. The molecule has 0 amide bonds. The number of hydrogen-bond donors (Lipinski definition) is 2. The van der Waals surface area contributed by atoms with Gasteiger partial charge in [0.2, 0.25) is 5.82 Å². The zero-order chi connectivity index (χ0) is 14.1. The summed E-state index contributed by atoms with van der Waals surface area (Å²) in [5, 5.41) is 10.5. The molecule has 2 aromatic heterocycles. The predicted molar refractivity (Wildman–Crippen MR) is 76.0 cm³/mol. The maximum absolute atomic E-state index is 5.53. The molecule has 20 heavy (non-hydrogen) atoms. The van der Waals surface area contributed by atoms with Gasteiger partial charge in [-0.25, -0.2) is 0 Å². The van der Waals surface area contributed by atoms with Crippen LogP contribution in [-0.2, 0) is 0 Å². The van der Waals surface area contributed by atoms with Gasteiger partial charge in [-0.05, 0) is 34.1 Å². The van der Waals surface area contributed by atoms with Gasteiger partial charge in [-0.1, -0.05) is 5.16 Å². The molecule has 0 saturated heterocycles. The summed E-state index contributed by atoms with van der Waals surface area (Å²) in [5.74, 6) is 1.90. The third-order valence-corrected chi connectivity index (χ3v) is 3.28. The van der Waals surface area contributed by atoms with Crippen LogP contribution in [0, 0.1) is 0 Å². The highest BCUT2D eigenvalue weighted by Crippen LogP contribution is 2.30. The van der Waals surface area contributed by atoms with Gasteiger partial charge in [0.1, 0.15) is 17.3 Å². The summed E-state index contributed by atoms with van der Waals surface area (Å²) in [6.45, 7) is 0. The number of aromatic amines is 1. The van der Waals surface area contributed by atoms with Crippen molar-refractivity contribution in [1.82, 2.24) is 20.3 Å². The SMILES string of the molecule is COc1ccc(-c2noc(-c3cc(N)n[nH]3)n2)cc1Br. The Morgan fingerprint density at radius 1 is 1.35 bits per heavy atom. The van der Waals surface area contributed by atoms with E-state index < -0.39 is 0 Å². The lowest BCUT2D eigenvalue weighted by molar-refractivity contribution is 0.412. The van der Waals surface area contributed by atoms with Crippen molar-refractivity contribution >= 4 is 21.7 Å². The lowest BCUT2D eigenvalue weighted by Crippen LogP contribution is -1.86. The van der Waals surface area contributed by atoms with Crippen LogP contribution in [0.25, 0.3) is 23.0 Å². The number of methoxy groups -OCH3 is 1. The van der Waals surface area contributed by atoms with E-state index in [1.54, 1.807) is 13.2 Å². The second-order valence-electron chi connectivity index (χ2n) is 3.98. The monoisotopic (exact) mass is 335 g/mol. The number of anilines is 1. The summed E-state index contributed by atoms with van der Waals surface area (Å²) >= 11 is 3.42. The second kappa shape index (κ2) is 4.97. The van der Waals surface area contributed by atoms with Gasteiger partial charge in [-0.2, -0.15) is 10.1 Å². The number of H-pyrrole nitrogens is 1. The highest BCUT2D eigenvalue weighted by atomic mass is 79.9. The molecule has 0 saturated carbocycles. The van der Waals surface area contributed by atoms with Crippen LogP contribution in [0.2, 0.25) is 0 Å². The van der Waals surface area contributed by atoms with E-state index in [0.717, 1.165) is 15.8 Å². The molecule has 0 fully saturated rings. The molecule has 0 aliphatic carbocycles.